The zero-order chi connectivity index (χ0) is 15.9. The predicted octanol–water partition coefficient (Wildman–Crippen LogP) is 2.38. The van der Waals surface area contributed by atoms with E-state index in [4.69, 9.17) is 5.73 Å². The highest BCUT2D eigenvalue weighted by Gasteiger charge is 2.32. The van der Waals surface area contributed by atoms with Gasteiger partial charge in [0.2, 0.25) is 0 Å². The lowest BCUT2D eigenvalue weighted by atomic mass is 10.0. The third-order valence-corrected chi connectivity index (χ3v) is 5.98. The van der Waals surface area contributed by atoms with Gasteiger partial charge in [0.15, 0.2) is 0 Å². The lowest BCUT2D eigenvalue weighted by Crippen LogP contribution is -2.46. The molecule has 116 valence electrons. The van der Waals surface area contributed by atoms with Crippen LogP contribution in [0.5, 0.6) is 0 Å². The molecule has 5 heteroatoms. The van der Waals surface area contributed by atoms with Gasteiger partial charge in [-0.1, -0.05) is 30.3 Å². The lowest BCUT2D eigenvalue weighted by molar-refractivity contribution is 0.575. The van der Waals surface area contributed by atoms with Gasteiger partial charge >= 0.3 is 0 Å². The molecule has 1 heterocycles. The standard InChI is InChI=1S/C17H20N2O2S/c1-12-7-8-13(2)17(9-12)22(20,21)19-11-15(18)10-14-5-3-4-6-16(14)19/h3-9,15H,10-11,18H2,1-2H3. The first-order valence-electron chi connectivity index (χ1n) is 7.33. The van der Waals surface area contributed by atoms with Crippen LogP contribution in [-0.2, 0) is 16.4 Å². The number of sulfonamides is 1. The van der Waals surface area contributed by atoms with E-state index in [2.05, 4.69) is 0 Å². The number of hydrogen-bond acceptors (Lipinski definition) is 3. The summed E-state index contributed by atoms with van der Waals surface area (Å²) in [5.41, 5.74) is 9.48. The highest BCUT2D eigenvalue weighted by Crippen LogP contribution is 2.32. The fourth-order valence-corrected chi connectivity index (χ4v) is 4.79. The molecule has 4 nitrogen and oxygen atoms in total. The van der Waals surface area contributed by atoms with Crippen LogP contribution in [0.25, 0.3) is 0 Å². The van der Waals surface area contributed by atoms with Gasteiger partial charge in [0.1, 0.15) is 0 Å². The summed E-state index contributed by atoms with van der Waals surface area (Å²) in [5, 5.41) is 0. The van der Waals surface area contributed by atoms with Crippen molar-refractivity contribution in [3.63, 3.8) is 0 Å². The summed E-state index contributed by atoms with van der Waals surface area (Å²) in [6.45, 7) is 4.03. The van der Waals surface area contributed by atoms with E-state index in [1.807, 2.05) is 50.2 Å². The maximum absolute atomic E-state index is 13.1. The van der Waals surface area contributed by atoms with Gasteiger partial charge in [-0.3, -0.25) is 4.31 Å². The normalized spacial score (nSPS) is 18.1. The number of nitrogens with zero attached hydrogens (tertiary/aromatic N) is 1. The predicted molar refractivity (Wildman–Crippen MR) is 88.6 cm³/mol. The molecule has 0 aliphatic carbocycles. The summed E-state index contributed by atoms with van der Waals surface area (Å²) in [6.07, 6.45) is 0.703. The van der Waals surface area contributed by atoms with E-state index in [0.717, 1.165) is 22.4 Å². The van der Waals surface area contributed by atoms with Crippen LogP contribution in [0.15, 0.2) is 47.4 Å². The topological polar surface area (TPSA) is 63.4 Å². The summed E-state index contributed by atoms with van der Waals surface area (Å²) >= 11 is 0. The zero-order valence-corrected chi connectivity index (χ0v) is 13.6. The van der Waals surface area contributed by atoms with Gasteiger partial charge in [-0.25, -0.2) is 8.42 Å². The van der Waals surface area contributed by atoms with Crippen molar-refractivity contribution >= 4 is 15.7 Å². The Balaban J connectivity index is 2.16. The van der Waals surface area contributed by atoms with Crippen molar-refractivity contribution in [2.75, 3.05) is 10.8 Å². The number of hydrogen-bond donors (Lipinski definition) is 1. The van der Waals surface area contributed by atoms with Gasteiger partial charge in [-0.2, -0.15) is 0 Å². The van der Waals surface area contributed by atoms with E-state index in [0.29, 0.717) is 17.9 Å². The van der Waals surface area contributed by atoms with Crippen molar-refractivity contribution in [1.82, 2.24) is 0 Å². The van der Waals surface area contributed by atoms with Crippen LogP contribution in [-0.4, -0.2) is 21.0 Å². The summed E-state index contributed by atoms with van der Waals surface area (Å²) in [5.74, 6) is 0. The third-order valence-electron chi connectivity index (χ3n) is 4.05. The Labute approximate surface area is 131 Å². The van der Waals surface area contributed by atoms with Gasteiger partial charge in [0, 0.05) is 12.6 Å². The SMILES string of the molecule is Cc1ccc(C)c(S(=O)(=O)N2CC(N)Cc3ccccc32)c1. The minimum Gasteiger partial charge on any atom is -0.326 e. The van der Waals surface area contributed by atoms with Gasteiger partial charge in [0.25, 0.3) is 10.0 Å². The van der Waals surface area contributed by atoms with E-state index in [1.54, 1.807) is 6.07 Å². The Kier molecular flexibility index (Phi) is 3.70. The third kappa shape index (κ3) is 2.51. The molecule has 0 radical (unpaired) electrons. The molecule has 0 aromatic heterocycles. The molecule has 1 aliphatic heterocycles. The number of fused-ring (bicyclic) bond motifs is 1. The quantitative estimate of drug-likeness (QED) is 0.925. The number of rotatable bonds is 2. The molecule has 2 aromatic carbocycles. The second kappa shape index (κ2) is 5.41. The number of nitrogens with two attached hydrogens (primary N) is 1. The fraction of sp³-hybridized carbons (Fsp3) is 0.294. The van der Waals surface area contributed by atoms with Gasteiger partial charge < -0.3 is 5.73 Å². The molecule has 3 rings (SSSR count). The summed E-state index contributed by atoms with van der Waals surface area (Å²) in [7, 11) is -3.61. The van der Waals surface area contributed by atoms with Crippen molar-refractivity contribution < 1.29 is 8.42 Å². The van der Waals surface area contributed by atoms with Gasteiger partial charge in [0.05, 0.1) is 10.6 Å². The van der Waals surface area contributed by atoms with Crippen LogP contribution >= 0.6 is 0 Å². The first kappa shape index (κ1) is 15.1. The van der Waals surface area contributed by atoms with E-state index in [9.17, 15) is 8.42 Å². The molecule has 2 N–H and O–H groups in total. The van der Waals surface area contributed by atoms with Crippen molar-refractivity contribution in [2.45, 2.75) is 31.2 Å². The largest absolute Gasteiger partial charge is 0.326 e. The van der Waals surface area contributed by atoms with Crippen molar-refractivity contribution in [2.24, 2.45) is 5.73 Å². The first-order chi connectivity index (χ1) is 10.4. The first-order valence-corrected chi connectivity index (χ1v) is 8.77. The highest BCUT2D eigenvalue weighted by atomic mass is 32.2. The average Bonchev–Trinajstić information content (AvgIpc) is 2.48. The lowest BCUT2D eigenvalue weighted by Gasteiger charge is -2.34. The van der Waals surface area contributed by atoms with E-state index in [1.165, 1.54) is 4.31 Å². The number of benzene rings is 2. The second-order valence-corrected chi connectivity index (χ2v) is 7.73. The molecule has 0 bridgehead atoms. The van der Waals surface area contributed by atoms with Crippen LogP contribution in [0.4, 0.5) is 5.69 Å². The number of aryl methyl sites for hydroxylation is 2. The number of anilines is 1. The van der Waals surface area contributed by atoms with Crippen LogP contribution < -0.4 is 10.0 Å². The minimum absolute atomic E-state index is 0.185. The molecule has 1 atom stereocenters. The van der Waals surface area contributed by atoms with Crippen LogP contribution in [0.2, 0.25) is 0 Å². The minimum atomic E-state index is -3.61. The molecule has 22 heavy (non-hydrogen) atoms. The molecular formula is C17H20N2O2S. The molecule has 2 aromatic rings. The fourth-order valence-electron chi connectivity index (χ4n) is 2.92. The van der Waals surface area contributed by atoms with Crippen LogP contribution in [0.3, 0.4) is 0 Å². The van der Waals surface area contributed by atoms with Crippen LogP contribution in [0.1, 0.15) is 16.7 Å². The van der Waals surface area contributed by atoms with E-state index < -0.39 is 10.0 Å². The molecule has 0 spiro atoms. The van der Waals surface area contributed by atoms with Crippen LogP contribution in [0, 0.1) is 13.8 Å². The molecular weight excluding hydrogens is 296 g/mol. The summed E-state index contributed by atoms with van der Waals surface area (Å²) in [6, 6.07) is 12.9. The maximum Gasteiger partial charge on any atom is 0.264 e. The number of para-hydroxylation sites is 1. The molecule has 0 saturated heterocycles. The summed E-state index contributed by atoms with van der Waals surface area (Å²) in [4.78, 5) is 0.358. The highest BCUT2D eigenvalue weighted by molar-refractivity contribution is 7.92. The Bertz CT molecular complexity index is 815. The molecule has 0 saturated carbocycles. The van der Waals surface area contributed by atoms with E-state index in [-0.39, 0.29) is 6.04 Å². The Morgan fingerprint density at radius 3 is 2.64 bits per heavy atom. The Morgan fingerprint density at radius 2 is 1.86 bits per heavy atom. The zero-order valence-electron chi connectivity index (χ0n) is 12.8. The van der Waals surface area contributed by atoms with Gasteiger partial charge in [-0.15, -0.1) is 0 Å². The average molecular weight is 316 g/mol. The Morgan fingerprint density at radius 1 is 1.14 bits per heavy atom. The smallest absolute Gasteiger partial charge is 0.264 e. The second-order valence-electron chi connectivity index (χ2n) is 5.90. The summed E-state index contributed by atoms with van der Waals surface area (Å²) < 4.78 is 27.7. The molecule has 1 unspecified atom stereocenters. The van der Waals surface area contributed by atoms with Crippen molar-refractivity contribution in [3.05, 3.63) is 59.2 Å². The molecule has 1 aliphatic rings. The molecule has 0 fully saturated rings. The van der Waals surface area contributed by atoms with Crippen molar-refractivity contribution in [3.8, 4) is 0 Å². The Hall–Kier alpha value is -1.85. The molecule has 0 amide bonds. The van der Waals surface area contributed by atoms with Crippen molar-refractivity contribution in [1.29, 1.82) is 0 Å². The van der Waals surface area contributed by atoms with E-state index >= 15 is 0 Å². The monoisotopic (exact) mass is 316 g/mol. The van der Waals surface area contributed by atoms with Gasteiger partial charge in [-0.05, 0) is 49.1 Å². The maximum atomic E-state index is 13.1.